The van der Waals surface area contributed by atoms with E-state index < -0.39 is 14.3 Å². The minimum absolute atomic E-state index is 0. The molecular weight excluding hydrogens is 757 g/mol. The maximum atomic E-state index is 12.6. The van der Waals surface area contributed by atoms with Gasteiger partial charge in [-0.05, 0) is 13.3 Å². The summed E-state index contributed by atoms with van der Waals surface area (Å²) in [4.78, 5) is 0. The SMILES string of the molecule is CP(=O)(c1ccccc1)c1ccccc1.CP(=O)(c1ccccc1)c1ccccc1.[Cl-].[Cl-].[W+2].o1oo1.o1oo1. The molecule has 0 amide bonds. The molecule has 0 saturated heterocycles. The molecule has 0 N–H and O–H groups in total. The van der Waals surface area contributed by atoms with Gasteiger partial charge in [-0.15, -0.1) is 0 Å². The minimum atomic E-state index is -2.40. The third-order valence-corrected chi connectivity index (χ3v) is 10.3. The fourth-order valence-electron chi connectivity index (χ4n) is 3.15. The molecule has 4 aromatic carbocycles. The van der Waals surface area contributed by atoms with E-state index in [2.05, 4.69) is 28.4 Å². The third kappa shape index (κ3) is 12.9. The fourth-order valence-corrected chi connectivity index (χ4v) is 6.71. The number of hydrogen-bond acceptors (Lipinski definition) is 8. The van der Waals surface area contributed by atoms with Crippen molar-refractivity contribution < 1.29 is 83.4 Å². The van der Waals surface area contributed by atoms with Gasteiger partial charge in [0.2, 0.25) is 0 Å². The van der Waals surface area contributed by atoms with Gasteiger partial charge in [-0.25, -0.2) is 0 Å². The summed E-state index contributed by atoms with van der Waals surface area (Å²) in [7, 11) is -4.79. The Morgan fingerprint density at radius 1 is 0.385 bits per heavy atom. The molecule has 39 heavy (non-hydrogen) atoms. The summed E-state index contributed by atoms with van der Waals surface area (Å²) in [6.07, 6.45) is 0. The van der Waals surface area contributed by atoms with Crippen LogP contribution >= 0.6 is 14.3 Å². The van der Waals surface area contributed by atoms with E-state index in [9.17, 15) is 9.13 Å². The molecule has 0 aliphatic carbocycles. The average Bonchev–Trinajstić information content (AvgIpc) is 3.83. The maximum absolute atomic E-state index is 12.6. The first-order valence-corrected chi connectivity index (χ1v) is 15.1. The van der Waals surface area contributed by atoms with Crippen LogP contribution in [0, 0.1) is 0 Å². The molecule has 0 atom stereocenters. The number of halogens is 2. The van der Waals surface area contributed by atoms with Gasteiger partial charge in [0.05, 0.1) is 0 Å². The molecule has 0 aliphatic heterocycles. The van der Waals surface area contributed by atoms with Gasteiger partial charge >= 0.3 is 21.1 Å². The van der Waals surface area contributed by atoms with Gasteiger partial charge in [-0.2, -0.15) is 0 Å². The third-order valence-electron chi connectivity index (χ3n) is 5.13. The Morgan fingerprint density at radius 2 is 0.538 bits per heavy atom. The molecule has 0 unspecified atom stereocenters. The van der Waals surface area contributed by atoms with Gasteiger partial charge < -0.3 is 33.9 Å². The minimum Gasteiger partial charge on any atom is -1.00 e. The van der Waals surface area contributed by atoms with Gasteiger partial charge in [0.25, 0.3) is 0 Å². The van der Waals surface area contributed by atoms with Crippen molar-refractivity contribution in [3.05, 3.63) is 121 Å². The first-order chi connectivity index (χ1) is 17.4. The second kappa shape index (κ2) is 18.7. The second-order valence-electron chi connectivity index (χ2n) is 7.60. The number of hydrogen-bond donors (Lipinski definition) is 0. The average molecular weight is 783 g/mol. The molecule has 6 rings (SSSR count). The van der Waals surface area contributed by atoms with Crippen LogP contribution in [0.15, 0.2) is 150 Å². The Morgan fingerprint density at radius 3 is 0.667 bits per heavy atom. The van der Waals surface area contributed by atoms with E-state index in [0.29, 0.717) is 0 Å². The van der Waals surface area contributed by atoms with Gasteiger partial charge in [-0.3, -0.25) is 0 Å². The Kier molecular flexibility index (Phi) is 17.4. The van der Waals surface area contributed by atoms with Gasteiger partial charge in [0.15, 0.2) is 0 Å². The molecule has 0 saturated carbocycles. The molecule has 2 heterocycles. The van der Waals surface area contributed by atoms with E-state index in [-0.39, 0.29) is 45.9 Å². The van der Waals surface area contributed by atoms with Crippen molar-refractivity contribution in [3.63, 3.8) is 0 Å². The van der Waals surface area contributed by atoms with Crippen molar-refractivity contribution in [2.24, 2.45) is 0 Å². The first-order valence-electron chi connectivity index (χ1n) is 10.8. The zero-order valence-corrected chi connectivity index (χ0v) is 27.1. The standard InChI is InChI=1S/2C13H13OP.2ClH.2O3.W/c2*1-15(14,12-8-4-2-5-9-12)13-10-6-3-7-11-13;;;2*1-2-3-1;/h2*2-11H,1H3;2*1H;;;/q;;;;;;+2/p-2. The largest absolute Gasteiger partial charge is 2.00 e. The fraction of sp³-hybridized carbons (Fsp3) is 0.0769. The second-order valence-corrected chi connectivity index (χ2v) is 13.4. The van der Waals surface area contributed by atoms with Crippen LogP contribution < -0.4 is 46.0 Å². The first kappa shape index (κ1) is 36.4. The van der Waals surface area contributed by atoms with Crippen LogP contribution in [0.2, 0.25) is 0 Å². The molecular formula is C26H26Cl2O8P2W. The molecule has 2 aromatic heterocycles. The molecule has 8 nitrogen and oxygen atoms in total. The number of benzene rings is 4. The quantitative estimate of drug-likeness (QED) is 0.184. The molecule has 0 fully saturated rings. The van der Waals surface area contributed by atoms with Crippen LogP contribution in [0.25, 0.3) is 0 Å². The predicted octanol–water partition coefficient (Wildman–Crippen LogP) is 0.197. The monoisotopic (exact) mass is 782 g/mol. The molecule has 0 spiro atoms. The van der Waals surface area contributed by atoms with Crippen LogP contribution in [0.4, 0.5) is 0 Å². The van der Waals surface area contributed by atoms with Crippen LogP contribution in [0.1, 0.15) is 0 Å². The van der Waals surface area contributed by atoms with E-state index in [0.717, 1.165) is 21.2 Å². The van der Waals surface area contributed by atoms with Crippen LogP contribution in [-0.2, 0) is 30.2 Å². The van der Waals surface area contributed by atoms with E-state index in [1.54, 1.807) is 0 Å². The topological polar surface area (TPSA) is 113 Å². The van der Waals surface area contributed by atoms with Gasteiger partial charge in [-0.1, -0.05) is 121 Å². The van der Waals surface area contributed by atoms with Crippen molar-refractivity contribution in [1.82, 2.24) is 0 Å². The van der Waals surface area contributed by atoms with Gasteiger partial charge in [0.1, 0.15) is 14.3 Å². The van der Waals surface area contributed by atoms with Crippen LogP contribution in [0.3, 0.4) is 0 Å². The summed E-state index contributed by atoms with van der Waals surface area (Å²) in [6.45, 7) is 3.63. The molecule has 6 aromatic rings. The van der Waals surface area contributed by atoms with Crippen molar-refractivity contribution in [3.8, 4) is 0 Å². The van der Waals surface area contributed by atoms with E-state index in [4.69, 9.17) is 0 Å². The van der Waals surface area contributed by atoms with Crippen LogP contribution in [0.5, 0.6) is 0 Å². The zero-order valence-electron chi connectivity index (χ0n) is 20.9. The summed E-state index contributed by atoms with van der Waals surface area (Å²) in [5.74, 6) is 0. The van der Waals surface area contributed by atoms with Gasteiger partial charge in [0, 0.05) is 49.6 Å². The summed E-state index contributed by atoms with van der Waals surface area (Å²) >= 11 is 0. The summed E-state index contributed by atoms with van der Waals surface area (Å²) in [5.41, 5.74) is 0. The summed E-state index contributed by atoms with van der Waals surface area (Å²) < 4.78 is 46.2. The summed E-state index contributed by atoms with van der Waals surface area (Å²) in [6, 6.07) is 38.6. The zero-order chi connectivity index (χ0) is 25.7. The maximum Gasteiger partial charge on any atom is 2.00 e. The van der Waals surface area contributed by atoms with E-state index in [1.807, 2.05) is 135 Å². The van der Waals surface area contributed by atoms with Crippen molar-refractivity contribution in [2.45, 2.75) is 0 Å². The molecule has 208 valence electrons. The molecule has 0 radical (unpaired) electrons. The Labute approximate surface area is 252 Å². The molecule has 0 aliphatic rings. The predicted molar refractivity (Wildman–Crippen MR) is 138 cm³/mol. The Balaban J connectivity index is 0.000000570. The summed E-state index contributed by atoms with van der Waals surface area (Å²) in [5, 5.41) is 3.65. The molecule has 0 bridgehead atoms. The van der Waals surface area contributed by atoms with Crippen molar-refractivity contribution in [2.75, 3.05) is 13.3 Å². The van der Waals surface area contributed by atoms with Crippen molar-refractivity contribution >= 4 is 35.5 Å². The Hall–Kier alpha value is -2.59. The number of rotatable bonds is 4. The van der Waals surface area contributed by atoms with Crippen molar-refractivity contribution in [1.29, 1.82) is 0 Å². The molecule has 13 heteroatoms. The normalized spacial score (nSPS) is 9.90. The smallest absolute Gasteiger partial charge is 1.00 e. The van der Waals surface area contributed by atoms with E-state index in [1.165, 1.54) is 0 Å². The van der Waals surface area contributed by atoms with Crippen LogP contribution in [-0.4, -0.2) is 13.3 Å². The Bertz CT molecular complexity index is 1200. The van der Waals surface area contributed by atoms with E-state index >= 15 is 0 Å².